The molecule has 10 nitrogen and oxygen atoms in total. The molecule has 6 rings (SSSR count). The number of carbonyl (C=O) groups is 1. The Bertz CT molecular complexity index is 1720. The Labute approximate surface area is 229 Å². The molecule has 0 aliphatic carbocycles. The molecule has 0 bridgehead atoms. The zero-order valence-electron chi connectivity index (χ0n) is 22.2. The highest BCUT2D eigenvalue weighted by Gasteiger charge is 2.34. The van der Waals surface area contributed by atoms with Gasteiger partial charge in [0.2, 0.25) is 0 Å². The third kappa shape index (κ3) is 4.91. The molecule has 3 aromatic heterocycles. The number of tetrazole rings is 1. The molecule has 40 heavy (non-hydrogen) atoms. The highest BCUT2D eigenvalue weighted by atomic mass is 19.1. The van der Waals surface area contributed by atoms with E-state index < -0.39 is 6.04 Å². The molecule has 0 saturated carbocycles. The third-order valence-electron chi connectivity index (χ3n) is 7.53. The van der Waals surface area contributed by atoms with Crippen molar-refractivity contribution in [2.75, 3.05) is 26.2 Å². The van der Waals surface area contributed by atoms with Crippen molar-refractivity contribution in [3.8, 4) is 0 Å². The molecule has 204 valence electrons. The number of nitrogens with zero attached hydrogens (tertiary/aromatic N) is 6. The van der Waals surface area contributed by atoms with Crippen LogP contribution >= 0.6 is 0 Å². The number of aromatic nitrogens is 5. The highest BCUT2D eigenvalue weighted by molar-refractivity contribution is 5.91. The lowest BCUT2D eigenvalue weighted by atomic mass is 10.00. The maximum atomic E-state index is 13.6. The Morgan fingerprint density at radius 2 is 1.80 bits per heavy atom. The minimum absolute atomic E-state index is 0.170. The summed E-state index contributed by atoms with van der Waals surface area (Å²) in [6, 6.07) is 14.9. The van der Waals surface area contributed by atoms with E-state index in [1.165, 1.54) is 18.4 Å². The SMILES string of the molecule is Cc1cc2cc(C(c3nnnn3Cc3ccc(F)cc3)N3CCN(C(=O)c4ccco4)CC3)c(=O)[nH]c2cc1C. The molecule has 11 heteroatoms. The van der Waals surface area contributed by atoms with Crippen LogP contribution < -0.4 is 5.56 Å². The smallest absolute Gasteiger partial charge is 0.289 e. The number of fused-ring (bicyclic) bond motifs is 1. The fraction of sp³-hybridized carbons (Fsp3) is 0.276. The number of carbonyl (C=O) groups excluding carboxylic acids is 1. The van der Waals surface area contributed by atoms with Crippen molar-refractivity contribution in [1.82, 2.24) is 35.0 Å². The lowest BCUT2D eigenvalue weighted by molar-refractivity contribution is 0.0558. The molecule has 1 saturated heterocycles. The van der Waals surface area contributed by atoms with Gasteiger partial charge in [-0.05, 0) is 88.8 Å². The second-order valence-electron chi connectivity index (χ2n) is 10.1. The summed E-state index contributed by atoms with van der Waals surface area (Å²) in [5.41, 5.74) is 4.07. The Kier molecular flexibility index (Phi) is 6.72. The minimum Gasteiger partial charge on any atom is -0.459 e. The van der Waals surface area contributed by atoms with Crippen LogP contribution in [0.3, 0.4) is 0 Å². The molecule has 1 amide bonds. The molecule has 0 spiro atoms. The van der Waals surface area contributed by atoms with Gasteiger partial charge in [-0.3, -0.25) is 14.5 Å². The van der Waals surface area contributed by atoms with Gasteiger partial charge in [0, 0.05) is 37.3 Å². The van der Waals surface area contributed by atoms with Gasteiger partial charge in [-0.15, -0.1) is 5.10 Å². The van der Waals surface area contributed by atoms with Gasteiger partial charge in [-0.1, -0.05) is 12.1 Å². The van der Waals surface area contributed by atoms with Gasteiger partial charge in [-0.2, -0.15) is 0 Å². The average molecular weight is 542 g/mol. The van der Waals surface area contributed by atoms with Gasteiger partial charge in [0.15, 0.2) is 11.6 Å². The monoisotopic (exact) mass is 541 g/mol. The summed E-state index contributed by atoms with van der Waals surface area (Å²) in [5, 5.41) is 13.4. The molecule has 1 aliphatic heterocycles. The standard InChI is InChI=1S/C29H28FN7O3/c1-18-14-21-16-23(28(38)31-24(21)15-19(18)2)26(27-32-33-34-37(27)17-20-5-7-22(30)8-6-20)35-9-11-36(12-10-35)29(39)25-4-3-13-40-25/h3-8,13-16,26H,9-12,17H2,1-2H3,(H,31,38). The zero-order chi connectivity index (χ0) is 27.8. The number of hydrogen-bond acceptors (Lipinski definition) is 7. The molecule has 0 radical (unpaired) electrons. The lowest BCUT2D eigenvalue weighted by Gasteiger charge is -2.38. The van der Waals surface area contributed by atoms with Crippen LogP contribution in [-0.2, 0) is 6.54 Å². The van der Waals surface area contributed by atoms with Crippen LogP contribution in [-0.4, -0.2) is 67.1 Å². The number of nitrogens with one attached hydrogen (secondary N) is 1. The molecular weight excluding hydrogens is 513 g/mol. The van der Waals surface area contributed by atoms with Crippen molar-refractivity contribution in [3.63, 3.8) is 0 Å². The van der Waals surface area contributed by atoms with Crippen LogP contribution in [0, 0.1) is 19.7 Å². The van der Waals surface area contributed by atoms with Gasteiger partial charge >= 0.3 is 0 Å². The molecule has 1 fully saturated rings. The Morgan fingerprint density at radius 3 is 2.52 bits per heavy atom. The number of aromatic amines is 1. The highest BCUT2D eigenvalue weighted by Crippen LogP contribution is 2.29. The Morgan fingerprint density at radius 1 is 1.05 bits per heavy atom. The first-order chi connectivity index (χ1) is 19.4. The lowest BCUT2D eigenvalue weighted by Crippen LogP contribution is -2.50. The topological polar surface area (TPSA) is 113 Å². The zero-order valence-corrected chi connectivity index (χ0v) is 22.2. The van der Waals surface area contributed by atoms with E-state index >= 15 is 0 Å². The van der Waals surface area contributed by atoms with Gasteiger partial charge in [0.1, 0.15) is 11.9 Å². The normalized spacial score (nSPS) is 15.0. The van der Waals surface area contributed by atoms with Crippen LogP contribution in [0.25, 0.3) is 10.9 Å². The van der Waals surface area contributed by atoms with Crippen molar-refractivity contribution in [3.05, 3.63) is 111 Å². The van der Waals surface area contributed by atoms with Crippen molar-refractivity contribution < 1.29 is 13.6 Å². The largest absolute Gasteiger partial charge is 0.459 e. The van der Waals surface area contributed by atoms with Gasteiger partial charge < -0.3 is 14.3 Å². The minimum atomic E-state index is -0.578. The summed E-state index contributed by atoms with van der Waals surface area (Å²) < 4.78 is 20.5. The Balaban J connectivity index is 1.38. The summed E-state index contributed by atoms with van der Waals surface area (Å²) in [7, 11) is 0. The van der Waals surface area contributed by atoms with E-state index in [4.69, 9.17) is 4.42 Å². The average Bonchev–Trinajstić information content (AvgIpc) is 3.65. The fourth-order valence-electron chi connectivity index (χ4n) is 5.22. The van der Waals surface area contributed by atoms with Crippen LogP contribution in [0.4, 0.5) is 4.39 Å². The van der Waals surface area contributed by atoms with Crippen LogP contribution in [0.15, 0.2) is 70.1 Å². The number of pyridine rings is 1. The third-order valence-corrected chi connectivity index (χ3v) is 7.53. The Hall–Kier alpha value is -4.64. The molecular formula is C29H28FN7O3. The van der Waals surface area contributed by atoms with Crippen molar-refractivity contribution >= 4 is 16.8 Å². The van der Waals surface area contributed by atoms with Gasteiger partial charge in [-0.25, -0.2) is 9.07 Å². The van der Waals surface area contributed by atoms with E-state index in [0.29, 0.717) is 49.9 Å². The number of amides is 1. The summed E-state index contributed by atoms with van der Waals surface area (Å²) >= 11 is 0. The number of piperazine rings is 1. The maximum Gasteiger partial charge on any atom is 0.289 e. The number of H-pyrrole nitrogens is 1. The van der Waals surface area contributed by atoms with E-state index in [9.17, 15) is 14.0 Å². The number of rotatable bonds is 6. The molecule has 1 atom stereocenters. The number of hydrogen-bond donors (Lipinski definition) is 1. The number of benzene rings is 2. The second kappa shape index (κ2) is 10.5. The first-order valence-corrected chi connectivity index (χ1v) is 13.1. The first-order valence-electron chi connectivity index (χ1n) is 13.1. The molecule has 4 heterocycles. The molecule has 5 aromatic rings. The summed E-state index contributed by atoms with van der Waals surface area (Å²) in [6.45, 7) is 6.22. The number of aryl methyl sites for hydroxylation is 2. The fourth-order valence-corrected chi connectivity index (χ4v) is 5.22. The predicted molar refractivity (Wildman–Crippen MR) is 145 cm³/mol. The summed E-state index contributed by atoms with van der Waals surface area (Å²) in [6.07, 6.45) is 1.48. The van der Waals surface area contributed by atoms with Crippen LogP contribution in [0.2, 0.25) is 0 Å². The number of halogens is 1. The predicted octanol–water partition coefficient (Wildman–Crippen LogP) is 3.46. The van der Waals surface area contributed by atoms with E-state index in [-0.39, 0.29) is 17.3 Å². The molecule has 2 aromatic carbocycles. The van der Waals surface area contributed by atoms with Gasteiger partial charge in [0.25, 0.3) is 11.5 Å². The molecule has 1 unspecified atom stereocenters. The van der Waals surface area contributed by atoms with Gasteiger partial charge in [0.05, 0.1) is 12.8 Å². The van der Waals surface area contributed by atoms with Crippen molar-refractivity contribution in [2.45, 2.75) is 26.4 Å². The van der Waals surface area contributed by atoms with E-state index in [1.54, 1.807) is 33.8 Å². The van der Waals surface area contributed by atoms with E-state index in [0.717, 1.165) is 27.6 Å². The van der Waals surface area contributed by atoms with Crippen LogP contribution in [0.1, 0.15) is 44.7 Å². The first kappa shape index (κ1) is 25.6. The summed E-state index contributed by atoms with van der Waals surface area (Å²) in [5.74, 6) is 0.291. The molecule has 1 N–H and O–H groups in total. The quantitative estimate of drug-likeness (QED) is 0.350. The second-order valence-corrected chi connectivity index (χ2v) is 10.1. The van der Waals surface area contributed by atoms with E-state index in [2.05, 4.69) is 31.5 Å². The van der Waals surface area contributed by atoms with Crippen molar-refractivity contribution in [2.24, 2.45) is 0 Å². The van der Waals surface area contributed by atoms with Crippen LogP contribution in [0.5, 0.6) is 0 Å². The van der Waals surface area contributed by atoms with E-state index in [1.807, 2.05) is 26.0 Å². The summed E-state index contributed by atoms with van der Waals surface area (Å²) in [4.78, 5) is 33.3. The molecule has 1 aliphatic rings. The maximum absolute atomic E-state index is 13.6. The van der Waals surface area contributed by atoms with Crippen molar-refractivity contribution in [1.29, 1.82) is 0 Å². The number of furan rings is 1.